The number of benzene rings is 2. The lowest BCUT2D eigenvalue weighted by Crippen LogP contribution is -2.36. The lowest BCUT2D eigenvalue weighted by molar-refractivity contribution is 0.206. The molecule has 0 aliphatic carbocycles. The largest absolute Gasteiger partial charge is 0.329 e. The fraction of sp³-hybridized carbons (Fsp3) is 0.235. The van der Waals surface area contributed by atoms with Gasteiger partial charge in [-0.15, -0.1) is 0 Å². The van der Waals surface area contributed by atoms with Crippen LogP contribution in [0.15, 0.2) is 42.5 Å². The van der Waals surface area contributed by atoms with Crippen LogP contribution in [0, 0.1) is 4.78 Å². The summed E-state index contributed by atoms with van der Waals surface area (Å²) >= 11 is 17.9. The van der Waals surface area contributed by atoms with Gasteiger partial charge < -0.3 is 10.2 Å². The second-order valence-corrected chi connectivity index (χ2v) is 8.34. The first kappa shape index (κ1) is 19.5. The number of halogens is 3. The molecule has 2 aromatic rings. The van der Waals surface area contributed by atoms with Crippen LogP contribution in [0.1, 0.15) is 16.5 Å². The molecule has 0 spiro atoms. The number of nitrogens with one attached hydrogen (secondary N) is 3. The number of amides is 2. The maximum absolute atomic E-state index is 12.2. The molecule has 1 fully saturated rings. The highest BCUT2D eigenvalue weighted by atomic mass is 35.5. The highest BCUT2D eigenvalue weighted by Crippen LogP contribution is 2.32. The van der Waals surface area contributed by atoms with Crippen molar-refractivity contribution in [3.05, 3.63) is 68.7 Å². The fourth-order valence-corrected chi connectivity index (χ4v) is 4.40. The van der Waals surface area contributed by atoms with E-state index in [-0.39, 0.29) is 11.4 Å². The summed E-state index contributed by atoms with van der Waals surface area (Å²) in [5.41, 5.74) is 1.91. The Labute approximate surface area is 169 Å². The first-order chi connectivity index (χ1) is 12.5. The highest BCUT2D eigenvalue weighted by Gasteiger charge is 2.35. The smallest absolute Gasteiger partial charge is 0.311 e. The van der Waals surface area contributed by atoms with E-state index in [9.17, 15) is 4.79 Å². The van der Waals surface area contributed by atoms with Crippen LogP contribution in [-0.2, 0) is 17.4 Å². The molecule has 2 amide bonds. The van der Waals surface area contributed by atoms with Gasteiger partial charge in [-0.2, -0.15) is 0 Å². The van der Waals surface area contributed by atoms with E-state index in [4.69, 9.17) is 39.6 Å². The molecule has 1 heterocycles. The van der Waals surface area contributed by atoms with Crippen molar-refractivity contribution in [2.45, 2.75) is 11.9 Å². The van der Waals surface area contributed by atoms with E-state index in [1.807, 2.05) is 30.3 Å². The average Bonchev–Trinajstić information content (AvgIpc) is 2.89. The zero-order valence-corrected chi connectivity index (χ0v) is 16.7. The Bertz CT molecular complexity index is 831. The Hall–Kier alpha value is -1.31. The predicted octanol–water partition coefficient (Wildman–Crippen LogP) is 4.76. The normalized spacial score (nSPS) is 19.7. The summed E-state index contributed by atoms with van der Waals surface area (Å²) < 4.78 is 10.9. The maximum Gasteiger partial charge on any atom is 0.329 e. The minimum atomic E-state index is -1.05. The monoisotopic (exact) mass is 430 g/mol. The maximum atomic E-state index is 12.2. The zero-order valence-electron chi connectivity index (χ0n) is 13.6. The van der Waals surface area contributed by atoms with E-state index in [1.54, 1.807) is 17.0 Å². The van der Waals surface area contributed by atoms with E-state index in [0.717, 1.165) is 11.1 Å². The molecule has 3 rings (SSSR count). The molecule has 0 aromatic heterocycles. The number of nitrogens with zero attached hydrogens (tertiary/aromatic N) is 1. The molecule has 2 unspecified atom stereocenters. The number of hydrogen-bond donors (Lipinski definition) is 3. The minimum Gasteiger partial charge on any atom is -0.311 e. The highest BCUT2D eigenvalue weighted by molar-refractivity contribution is 7.85. The molecular formula is C17H17Cl3N4OS. The molecule has 9 heteroatoms. The molecule has 1 aliphatic rings. The van der Waals surface area contributed by atoms with Crippen LogP contribution in [0.5, 0.6) is 0 Å². The summed E-state index contributed by atoms with van der Waals surface area (Å²) in [4.78, 5) is 13.9. The van der Waals surface area contributed by atoms with Crippen molar-refractivity contribution in [3.8, 4) is 0 Å². The molecule has 0 bridgehead atoms. The second-order valence-electron chi connectivity index (χ2n) is 5.77. The fourth-order valence-electron chi connectivity index (χ4n) is 2.68. The van der Waals surface area contributed by atoms with Gasteiger partial charge >= 0.3 is 6.03 Å². The third kappa shape index (κ3) is 4.50. The molecule has 138 valence electrons. The molecule has 1 saturated heterocycles. The van der Waals surface area contributed by atoms with Crippen LogP contribution in [0.25, 0.3) is 0 Å². The van der Waals surface area contributed by atoms with Crippen molar-refractivity contribution in [1.82, 2.24) is 14.9 Å². The standard InChI is InChI=1S/C17H17Cl3N4OS/c18-13-4-1-11(2-5-13)10-22-7-8-24-16(26(21)23-17(24)25)12-3-6-14(19)15(20)9-12/h1-6,9,16,22H,7-8,10H2,(H2,21,23,25). The van der Waals surface area contributed by atoms with Crippen molar-refractivity contribution in [2.75, 3.05) is 13.1 Å². The van der Waals surface area contributed by atoms with Crippen molar-refractivity contribution >= 4 is 51.7 Å². The number of hydrogen-bond acceptors (Lipinski definition) is 3. The van der Waals surface area contributed by atoms with Gasteiger partial charge in [-0.05, 0) is 35.4 Å². The third-order valence-corrected chi connectivity index (χ3v) is 6.32. The lowest BCUT2D eigenvalue weighted by atomic mass is 10.2. The lowest BCUT2D eigenvalue weighted by Gasteiger charge is -2.23. The number of carbonyl (C=O) groups excluding carboxylic acids is 1. The Morgan fingerprint density at radius 1 is 1.12 bits per heavy atom. The van der Waals surface area contributed by atoms with Gasteiger partial charge in [0.05, 0.1) is 10.0 Å². The zero-order chi connectivity index (χ0) is 18.7. The summed E-state index contributed by atoms with van der Waals surface area (Å²) in [5.74, 6) is 0. The average molecular weight is 432 g/mol. The molecule has 5 nitrogen and oxygen atoms in total. The van der Waals surface area contributed by atoms with Crippen molar-refractivity contribution in [3.63, 3.8) is 0 Å². The molecule has 26 heavy (non-hydrogen) atoms. The third-order valence-electron chi connectivity index (χ3n) is 3.97. The minimum absolute atomic E-state index is 0.243. The van der Waals surface area contributed by atoms with Crippen LogP contribution in [0.2, 0.25) is 15.1 Å². The molecule has 0 radical (unpaired) electrons. The van der Waals surface area contributed by atoms with E-state index in [1.165, 1.54) is 0 Å². The van der Waals surface area contributed by atoms with E-state index in [2.05, 4.69) is 10.0 Å². The van der Waals surface area contributed by atoms with Gasteiger partial charge in [-0.25, -0.2) is 4.79 Å². The molecule has 2 aromatic carbocycles. The number of carbonyl (C=O) groups is 1. The predicted molar refractivity (Wildman–Crippen MR) is 108 cm³/mol. The first-order valence-electron chi connectivity index (χ1n) is 7.87. The van der Waals surface area contributed by atoms with Gasteiger partial charge in [0.1, 0.15) is 5.37 Å². The Morgan fingerprint density at radius 3 is 2.54 bits per heavy atom. The van der Waals surface area contributed by atoms with Gasteiger partial charge in [0.25, 0.3) is 0 Å². The van der Waals surface area contributed by atoms with Crippen LogP contribution in [0.4, 0.5) is 4.79 Å². The summed E-state index contributed by atoms with van der Waals surface area (Å²) in [6.07, 6.45) is 0. The summed E-state index contributed by atoms with van der Waals surface area (Å²) in [6.45, 7) is 1.76. The summed E-state index contributed by atoms with van der Waals surface area (Å²) in [5, 5.41) is 4.50. The molecule has 2 atom stereocenters. The quantitative estimate of drug-likeness (QED) is 0.577. The Balaban J connectivity index is 1.62. The van der Waals surface area contributed by atoms with Gasteiger partial charge in [0, 0.05) is 35.5 Å². The van der Waals surface area contributed by atoms with Crippen molar-refractivity contribution < 1.29 is 4.79 Å². The topological polar surface area (TPSA) is 68.2 Å². The Kier molecular flexibility index (Phi) is 6.42. The molecule has 1 aliphatic heterocycles. The summed E-state index contributed by atoms with van der Waals surface area (Å²) in [7, 11) is -1.05. The first-order valence-corrected chi connectivity index (χ1v) is 10.3. The molecule has 3 N–H and O–H groups in total. The van der Waals surface area contributed by atoms with Gasteiger partial charge in [-0.1, -0.05) is 53.0 Å². The van der Waals surface area contributed by atoms with Gasteiger partial charge in [0.2, 0.25) is 0 Å². The van der Waals surface area contributed by atoms with Crippen molar-refractivity contribution in [1.29, 1.82) is 4.78 Å². The number of rotatable bonds is 6. The van der Waals surface area contributed by atoms with Crippen LogP contribution in [0.3, 0.4) is 0 Å². The molecular weight excluding hydrogens is 415 g/mol. The number of urea groups is 1. The van der Waals surface area contributed by atoms with Crippen LogP contribution >= 0.6 is 34.8 Å². The second kappa shape index (κ2) is 8.59. The van der Waals surface area contributed by atoms with Gasteiger partial charge in [-0.3, -0.25) is 9.50 Å². The van der Waals surface area contributed by atoms with Crippen LogP contribution < -0.4 is 10.0 Å². The Morgan fingerprint density at radius 2 is 1.85 bits per heavy atom. The van der Waals surface area contributed by atoms with E-state index in [0.29, 0.717) is 34.7 Å². The SMILES string of the molecule is N=S1NC(=O)N(CCNCc2ccc(Cl)cc2)C1c1ccc(Cl)c(Cl)c1. The molecule has 0 saturated carbocycles. The van der Waals surface area contributed by atoms with Gasteiger partial charge in [0.15, 0.2) is 0 Å². The summed E-state index contributed by atoms with van der Waals surface area (Å²) in [6, 6.07) is 12.6. The van der Waals surface area contributed by atoms with Crippen molar-refractivity contribution in [2.24, 2.45) is 0 Å². The van der Waals surface area contributed by atoms with E-state index >= 15 is 0 Å². The van der Waals surface area contributed by atoms with Crippen LogP contribution in [-0.4, -0.2) is 24.0 Å². The van der Waals surface area contributed by atoms with E-state index < -0.39 is 10.9 Å².